The van der Waals surface area contributed by atoms with Gasteiger partial charge in [-0.25, -0.2) is 9.67 Å². The molecule has 0 bridgehead atoms. The molecule has 2 aromatic carbocycles. The first-order valence-corrected chi connectivity index (χ1v) is 12.0. The fraction of sp³-hybridized carbons (Fsp3) is 0.231. The van der Waals surface area contributed by atoms with Gasteiger partial charge in [-0.05, 0) is 31.5 Å². The fourth-order valence-electron chi connectivity index (χ4n) is 4.34. The van der Waals surface area contributed by atoms with Crippen LogP contribution in [0.25, 0.3) is 5.69 Å². The average Bonchev–Trinajstić information content (AvgIpc) is 3.38. The van der Waals surface area contributed by atoms with Gasteiger partial charge in [0.15, 0.2) is 5.13 Å². The number of aromatic nitrogens is 3. The number of rotatable bonds is 6. The lowest BCUT2D eigenvalue weighted by atomic mass is 10.1. The van der Waals surface area contributed by atoms with Crippen LogP contribution in [-0.2, 0) is 24.3 Å². The summed E-state index contributed by atoms with van der Waals surface area (Å²) in [6.07, 6.45) is 0.824. The van der Waals surface area contributed by atoms with Gasteiger partial charge in [-0.15, -0.1) is 11.3 Å². The van der Waals surface area contributed by atoms with E-state index in [1.54, 1.807) is 18.5 Å². The maximum absolute atomic E-state index is 13.0. The number of nitrogens with one attached hydrogen (secondary N) is 1. The minimum atomic E-state index is -0.689. The van der Waals surface area contributed by atoms with E-state index in [0.717, 1.165) is 42.3 Å². The molecule has 1 aliphatic rings. The van der Waals surface area contributed by atoms with Crippen molar-refractivity contribution in [3.05, 3.63) is 93.7 Å². The van der Waals surface area contributed by atoms with E-state index in [0.29, 0.717) is 22.1 Å². The normalized spacial score (nSPS) is 13.5. The predicted molar refractivity (Wildman–Crippen MR) is 132 cm³/mol. The molecule has 172 valence electrons. The highest BCUT2D eigenvalue weighted by Gasteiger charge is 2.27. The Bertz CT molecular complexity index is 1340. The molecule has 0 saturated heterocycles. The zero-order valence-electron chi connectivity index (χ0n) is 19.1. The highest BCUT2D eigenvalue weighted by molar-refractivity contribution is 7.16. The molecule has 0 saturated carbocycles. The summed E-state index contributed by atoms with van der Waals surface area (Å²) in [4.78, 5) is 34.0. The second-order valence-electron chi connectivity index (χ2n) is 8.41. The number of thiazole rings is 1. The number of carbonyl (C=O) groups is 2. The van der Waals surface area contributed by atoms with Crippen molar-refractivity contribution in [2.45, 2.75) is 33.4 Å². The third-order valence-corrected chi connectivity index (χ3v) is 7.00. The molecule has 1 amide bonds. The van der Waals surface area contributed by atoms with Crippen LogP contribution < -0.4 is 5.32 Å². The van der Waals surface area contributed by atoms with Crippen molar-refractivity contribution in [1.29, 1.82) is 0 Å². The van der Waals surface area contributed by atoms with Crippen LogP contribution in [0.4, 0.5) is 5.13 Å². The number of fused-ring (bicyclic) bond motifs is 1. The predicted octanol–water partition coefficient (Wildman–Crippen LogP) is 4.33. The molecule has 7 nitrogen and oxygen atoms in total. The SMILES string of the molecule is Cc1nn(-c2ccccc2)c(C)c1C(=O)C(=O)Nc1nc2c(s1)CN(Cc1ccccc1)CC2. The molecule has 0 spiro atoms. The molecule has 34 heavy (non-hydrogen) atoms. The van der Waals surface area contributed by atoms with E-state index in [1.165, 1.54) is 16.9 Å². The van der Waals surface area contributed by atoms with Crippen LogP contribution in [0.15, 0.2) is 60.7 Å². The highest BCUT2D eigenvalue weighted by Crippen LogP contribution is 2.29. The monoisotopic (exact) mass is 471 g/mol. The van der Waals surface area contributed by atoms with E-state index in [4.69, 9.17) is 0 Å². The molecule has 1 aliphatic heterocycles. The smallest absolute Gasteiger partial charge is 0.295 e. The first-order valence-electron chi connectivity index (χ1n) is 11.2. The molecular weight excluding hydrogens is 446 g/mol. The molecular formula is C26H25N5O2S. The van der Waals surface area contributed by atoms with Gasteiger partial charge in [-0.1, -0.05) is 48.5 Å². The van der Waals surface area contributed by atoms with Crippen molar-refractivity contribution in [3.63, 3.8) is 0 Å². The van der Waals surface area contributed by atoms with Gasteiger partial charge in [0.1, 0.15) is 0 Å². The number of hydrogen-bond donors (Lipinski definition) is 1. The van der Waals surface area contributed by atoms with Crippen LogP contribution in [0.1, 0.15) is 37.9 Å². The second kappa shape index (κ2) is 9.32. The number of amides is 1. The van der Waals surface area contributed by atoms with Crippen LogP contribution in [-0.4, -0.2) is 37.9 Å². The summed E-state index contributed by atoms with van der Waals surface area (Å²) in [6.45, 7) is 6.12. The molecule has 8 heteroatoms. The molecule has 4 aromatic rings. The zero-order valence-corrected chi connectivity index (χ0v) is 19.9. The summed E-state index contributed by atoms with van der Waals surface area (Å²) in [5.41, 5.74) is 4.61. The second-order valence-corrected chi connectivity index (χ2v) is 9.50. The lowest BCUT2D eigenvalue weighted by Gasteiger charge is -2.25. The molecule has 2 aromatic heterocycles. The number of ketones is 1. The Labute approximate surface area is 202 Å². The molecule has 1 N–H and O–H groups in total. The van der Waals surface area contributed by atoms with E-state index in [-0.39, 0.29) is 0 Å². The summed E-state index contributed by atoms with van der Waals surface area (Å²) in [5.74, 6) is -1.29. The Balaban J connectivity index is 1.29. The Morgan fingerprint density at radius 3 is 2.47 bits per heavy atom. The molecule has 0 fully saturated rings. The van der Waals surface area contributed by atoms with E-state index in [2.05, 4.69) is 44.6 Å². The quantitative estimate of drug-likeness (QED) is 0.335. The lowest BCUT2D eigenvalue weighted by molar-refractivity contribution is -0.112. The van der Waals surface area contributed by atoms with Gasteiger partial charge >= 0.3 is 0 Å². The minimum Gasteiger partial charge on any atom is -0.295 e. The number of benzene rings is 2. The molecule has 0 radical (unpaired) electrons. The van der Waals surface area contributed by atoms with Gasteiger partial charge in [0.05, 0.1) is 28.3 Å². The Morgan fingerprint density at radius 1 is 1.03 bits per heavy atom. The Morgan fingerprint density at radius 2 is 1.74 bits per heavy atom. The first kappa shape index (κ1) is 22.2. The van der Waals surface area contributed by atoms with Gasteiger partial charge in [-0.2, -0.15) is 5.10 Å². The van der Waals surface area contributed by atoms with Crippen molar-refractivity contribution in [2.24, 2.45) is 0 Å². The number of nitrogens with zero attached hydrogens (tertiary/aromatic N) is 4. The number of aryl methyl sites for hydroxylation is 1. The number of hydrogen-bond acceptors (Lipinski definition) is 6. The summed E-state index contributed by atoms with van der Waals surface area (Å²) in [7, 11) is 0. The van der Waals surface area contributed by atoms with Gasteiger partial charge in [0.25, 0.3) is 11.7 Å². The van der Waals surface area contributed by atoms with Crippen LogP contribution >= 0.6 is 11.3 Å². The van der Waals surface area contributed by atoms with Crippen LogP contribution in [0, 0.1) is 13.8 Å². The third kappa shape index (κ3) is 4.42. The number of carbonyl (C=O) groups excluding carboxylic acids is 2. The first-order chi connectivity index (χ1) is 16.5. The Hall–Kier alpha value is -3.62. The number of para-hydroxylation sites is 1. The third-order valence-electron chi connectivity index (χ3n) is 6.01. The van der Waals surface area contributed by atoms with E-state index < -0.39 is 11.7 Å². The lowest BCUT2D eigenvalue weighted by Crippen LogP contribution is -2.29. The van der Waals surface area contributed by atoms with E-state index in [1.807, 2.05) is 36.4 Å². The van der Waals surface area contributed by atoms with Crippen LogP contribution in [0.2, 0.25) is 0 Å². The maximum atomic E-state index is 13.0. The van der Waals surface area contributed by atoms with Crippen molar-refractivity contribution < 1.29 is 9.59 Å². The standard InChI is InChI=1S/C26H25N5O2S/c1-17-23(18(2)31(29-17)20-11-7-4-8-12-20)24(32)25(33)28-26-27-21-13-14-30(16-22(21)34-26)15-19-9-5-3-6-10-19/h3-12H,13-16H2,1-2H3,(H,27,28,33). The topological polar surface area (TPSA) is 80.1 Å². The Kier molecular flexibility index (Phi) is 6.08. The molecule has 3 heterocycles. The fourth-order valence-corrected chi connectivity index (χ4v) is 5.38. The van der Waals surface area contributed by atoms with Gasteiger partial charge in [-0.3, -0.25) is 19.8 Å². The number of Topliss-reactive ketones (excluding diaryl/α,β-unsaturated/α-hetero) is 1. The van der Waals surface area contributed by atoms with Crippen molar-refractivity contribution in [2.75, 3.05) is 11.9 Å². The summed E-state index contributed by atoms with van der Waals surface area (Å²) < 4.78 is 1.69. The summed E-state index contributed by atoms with van der Waals surface area (Å²) in [6, 6.07) is 19.9. The largest absolute Gasteiger partial charge is 0.298 e. The molecule has 5 rings (SSSR count). The zero-order chi connectivity index (χ0) is 23.7. The maximum Gasteiger partial charge on any atom is 0.298 e. The van der Waals surface area contributed by atoms with E-state index >= 15 is 0 Å². The summed E-state index contributed by atoms with van der Waals surface area (Å²) in [5, 5.41) is 7.68. The van der Waals surface area contributed by atoms with Crippen molar-refractivity contribution in [3.8, 4) is 5.69 Å². The van der Waals surface area contributed by atoms with Crippen molar-refractivity contribution in [1.82, 2.24) is 19.7 Å². The summed E-state index contributed by atoms with van der Waals surface area (Å²) >= 11 is 1.44. The number of anilines is 1. The van der Waals surface area contributed by atoms with Gasteiger partial charge < -0.3 is 0 Å². The van der Waals surface area contributed by atoms with Gasteiger partial charge in [0.2, 0.25) is 0 Å². The average molecular weight is 472 g/mol. The molecule has 0 aliphatic carbocycles. The molecule has 0 atom stereocenters. The van der Waals surface area contributed by atoms with Crippen LogP contribution in [0.5, 0.6) is 0 Å². The van der Waals surface area contributed by atoms with E-state index in [9.17, 15) is 9.59 Å². The minimum absolute atomic E-state index is 0.330. The molecule has 0 unspecified atom stereocenters. The van der Waals surface area contributed by atoms with Crippen molar-refractivity contribution >= 4 is 28.2 Å². The van der Waals surface area contributed by atoms with Crippen LogP contribution in [0.3, 0.4) is 0 Å². The van der Waals surface area contributed by atoms with Gasteiger partial charge in [0, 0.05) is 30.9 Å². The highest BCUT2D eigenvalue weighted by atomic mass is 32.1.